The van der Waals surface area contributed by atoms with E-state index >= 15 is 0 Å². The van der Waals surface area contributed by atoms with E-state index in [4.69, 9.17) is 9.72 Å². The van der Waals surface area contributed by atoms with E-state index in [1.807, 2.05) is 29.1 Å². The number of fused-ring (bicyclic) bond motifs is 3. The van der Waals surface area contributed by atoms with Crippen LogP contribution in [-0.2, 0) is 13.0 Å². The molecule has 2 aromatic heterocycles. The van der Waals surface area contributed by atoms with Gasteiger partial charge in [-0.15, -0.1) is 0 Å². The van der Waals surface area contributed by atoms with Crippen molar-refractivity contribution in [1.82, 2.24) is 24.3 Å². The van der Waals surface area contributed by atoms with Crippen molar-refractivity contribution < 1.29 is 9.84 Å². The van der Waals surface area contributed by atoms with Crippen molar-refractivity contribution in [2.45, 2.75) is 32.9 Å². The lowest BCUT2D eigenvalue weighted by Gasteiger charge is -2.09. The molecule has 1 aromatic carbocycles. The second-order valence-electron chi connectivity index (χ2n) is 6.42. The van der Waals surface area contributed by atoms with Crippen LogP contribution in [0.4, 0.5) is 0 Å². The molecule has 25 heavy (non-hydrogen) atoms. The number of benzene rings is 1. The molecule has 7 heteroatoms. The number of nitrogens with zero attached hydrogens (tertiary/aromatic N) is 5. The minimum absolute atomic E-state index is 0.122. The number of hydrogen-bond acceptors (Lipinski definition) is 5. The van der Waals surface area contributed by atoms with Crippen LogP contribution in [0.25, 0.3) is 22.9 Å². The normalized spacial score (nSPS) is 13.3. The van der Waals surface area contributed by atoms with E-state index in [1.165, 1.54) is 0 Å². The first kappa shape index (κ1) is 15.8. The Labute approximate surface area is 145 Å². The fourth-order valence-corrected chi connectivity index (χ4v) is 3.14. The molecule has 0 radical (unpaired) electrons. The third-order valence-electron chi connectivity index (χ3n) is 4.34. The molecule has 0 bridgehead atoms. The monoisotopic (exact) mass is 339 g/mol. The second-order valence-corrected chi connectivity index (χ2v) is 6.42. The van der Waals surface area contributed by atoms with Gasteiger partial charge in [-0.25, -0.2) is 14.6 Å². The van der Waals surface area contributed by atoms with Gasteiger partial charge in [0.2, 0.25) is 0 Å². The van der Waals surface area contributed by atoms with Gasteiger partial charge in [0.15, 0.2) is 5.82 Å². The molecule has 0 saturated heterocycles. The van der Waals surface area contributed by atoms with Crippen LogP contribution >= 0.6 is 0 Å². The number of hydrogen-bond donors (Lipinski definition) is 1. The van der Waals surface area contributed by atoms with Crippen LogP contribution in [-0.4, -0.2) is 42.6 Å². The minimum Gasteiger partial charge on any atom is -0.491 e. The number of aromatic nitrogens is 5. The molecule has 0 saturated carbocycles. The Kier molecular flexibility index (Phi) is 4.01. The predicted octanol–water partition coefficient (Wildman–Crippen LogP) is 2.32. The van der Waals surface area contributed by atoms with Crippen LogP contribution < -0.4 is 4.74 Å². The Morgan fingerprint density at radius 1 is 1.28 bits per heavy atom. The molecule has 3 aromatic rings. The van der Waals surface area contributed by atoms with Crippen molar-refractivity contribution in [1.29, 1.82) is 0 Å². The molecule has 0 unspecified atom stereocenters. The third kappa shape index (κ3) is 2.80. The maximum absolute atomic E-state index is 9.22. The molecular formula is C18H21N5O2. The van der Waals surface area contributed by atoms with Crippen molar-refractivity contribution >= 4 is 0 Å². The van der Waals surface area contributed by atoms with Gasteiger partial charge in [-0.1, -0.05) is 6.07 Å². The lowest BCUT2D eigenvalue weighted by molar-refractivity contribution is 0.299. The molecule has 0 aliphatic carbocycles. The molecule has 0 fully saturated rings. The van der Waals surface area contributed by atoms with E-state index in [2.05, 4.69) is 28.5 Å². The highest BCUT2D eigenvalue weighted by atomic mass is 16.5. The van der Waals surface area contributed by atoms with E-state index in [0.29, 0.717) is 13.0 Å². The van der Waals surface area contributed by atoms with E-state index in [1.54, 1.807) is 6.33 Å². The lowest BCUT2D eigenvalue weighted by Crippen LogP contribution is -2.06. The van der Waals surface area contributed by atoms with Crippen LogP contribution in [0.3, 0.4) is 0 Å². The van der Waals surface area contributed by atoms with Gasteiger partial charge in [0.1, 0.15) is 30.2 Å². The summed E-state index contributed by atoms with van der Waals surface area (Å²) in [7, 11) is 0. The summed E-state index contributed by atoms with van der Waals surface area (Å²) in [4.78, 5) is 9.23. The first-order valence-electron chi connectivity index (χ1n) is 8.51. The molecule has 7 nitrogen and oxygen atoms in total. The molecule has 1 aliphatic heterocycles. The zero-order chi connectivity index (χ0) is 17.4. The third-order valence-corrected chi connectivity index (χ3v) is 4.34. The summed E-state index contributed by atoms with van der Waals surface area (Å²) in [5.74, 6) is 2.45. The molecule has 0 atom stereocenters. The highest BCUT2D eigenvalue weighted by Crippen LogP contribution is 2.34. The Morgan fingerprint density at radius 2 is 2.16 bits per heavy atom. The van der Waals surface area contributed by atoms with Gasteiger partial charge in [-0.05, 0) is 38.0 Å². The molecule has 4 rings (SSSR count). The van der Waals surface area contributed by atoms with Gasteiger partial charge in [0.25, 0.3) is 0 Å². The van der Waals surface area contributed by atoms with Crippen molar-refractivity contribution in [2.75, 3.05) is 13.2 Å². The molecular weight excluding hydrogens is 318 g/mol. The lowest BCUT2D eigenvalue weighted by atomic mass is 10.1. The quantitative estimate of drug-likeness (QED) is 0.789. The summed E-state index contributed by atoms with van der Waals surface area (Å²) in [6.45, 7) is 5.58. The van der Waals surface area contributed by atoms with Crippen LogP contribution in [0.2, 0.25) is 0 Å². The van der Waals surface area contributed by atoms with Crippen LogP contribution in [0.1, 0.15) is 25.5 Å². The number of aliphatic hydroxyl groups is 1. The number of imidazole rings is 1. The molecule has 130 valence electrons. The summed E-state index contributed by atoms with van der Waals surface area (Å²) in [6, 6.07) is 6.21. The minimum atomic E-state index is 0.122. The summed E-state index contributed by atoms with van der Waals surface area (Å²) in [6.07, 6.45) is 4.19. The van der Waals surface area contributed by atoms with Gasteiger partial charge in [-0.2, -0.15) is 5.10 Å². The van der Waals surface area contributed by atoms with E-state index in [9.17, 15) is 5.11 Å². The zero-order valence-corrected chi connectivity index (χ0v) is 14.4. The van der Waals surface area contributed by atoms with Gasteiger partial charge >= 0.3 is 0 Å². The first-order chi connectivity index (χ1) is 12.2. The van der Waals surface area contributed by atoms with Gasteiger partial charge in [-0.3, -0.25) is 0 Å². The second kappa shape index (κ2) is 6.33. The molecule has 1 aliphatic rings. The highest BCUT2D eigenvalue weighted by Gasteiger charge is 2.21. The average Bonchev–Trinajstić information content (AvgIpc) is 3.20. The Morgan fingerprint density at radius 3 is 2.96 bits per heavy atom. The first-order valence-corrected chi connectivity index (χ1v) is 8.51. The van der Waals surface area contributed by atoms with Gasteiger partial charge in [0, 0.05) is 18.8 Å². The largest absolute Gasteiger partial charge is 0.491 e. The van der Waals surface area contributed by atoms with Crippen LogP contribution in [0.15, 0.2) is 30.7 Å². The summed E-state index contributed by atoms with van der Waals surface area (Å²) >= 11 is 0. The van der Waals surface area contributed by atoms with Crippen LogP contribution in [0, 0.1) is 0 Å². The van der Waals surface area contributed by atoms with E-state index in [0.717, 1.165) is 40.8 Å². The van der Waals surface area contributed by atoms with Gasteiger partial charge < -0.3 is 14.4 Å². The van der Waals surface area contributed by atoms with Crippen LogP contribution in [0.5, 0.6) is 5.75 Å². The SMILES string of the molecule is CC(C)n1ncnc1-c1cn2c(n1)-c1cc(CCO)ccc1OCC2. The van der Waals surface area contributed by atoms with Crippen molar-refractivity contribution in [3.05, 3.63) is 36.3 Å². The van der Waals surface area contributed by atoms with Crippen molar-refractivity contribution in [3.63, 3.8) is 0 Å². The fourth-order valence-electron chi connectivity index (χ4n) is 3.14. The average molecular weight is 339 g/mol. The Bertz CT molecular complexity index is 897. The molecule has 1 N–H and O–H groups in total. The topological polar surface area (TPSA) is 78.0 Å². The predicted molar refractivity (Wildman–Crippen MR) is 93.3 cm³/mol. The molecule has 0 amide bonds. The van der Waals surface area contributed by atoms with Gasteiger partial charge in [0.05, 0.1) is 12.1 Å². The Hall–Kier alpha value is -2.67. The Balaban J connectivity index is 1.83. The maximum atomic E-state index is 9.22. The molecule has 0 spiro atoms. The number of aliphatic hydroxyl groups excluding tert-OH is 1. The zero-order valence-electron chi connectivity index (χ0n) is 14.4. The number of rotatable bonds is 4. The standard InChI is InChI=1S/C18H21N5O2/c1-12(2)23-18(19-11-20-23)15-10-22-6-8-25-16-4-3-13(5-7-24)9-14(16)17(22)21-15/h3-4,9-12,24H,5-8H2,1-2H3. The van der Waals surface area contributed by atoms with E-state index < -0.39 is 0 Å². The summed E-state index contributed by atoms with van der Waals surface area (Å²) in [5.41, 5.74) is 2.82. The van der Waals surface area contributed by atoms with E-state index in [-0.39, 0.29) is 12.6 Å². The van der Waals surface area contributed by atoms with Crippen molar-refractivity contribution in [2.24, 2.45) is 0 Å². The number of ether oxygens (including phenoxy) is 1. The smallest absolute Gasteiger partial charge is 0.178 e. The van der Waals surface area contributed by atoms with Crippen molar-refractivity contribution in [3.8, 4) is 28.7 Å². The fraction of sp³-hybridized carbons (Fsp3) is 0.389. The summed E-state index contributed by atoms with van der Waals surface area (Å²) in [5, 5.41) is 13.5. The summed E-state index contributed by atoms with van der Waals surface area (Å²) < 4.78 is 9.84. The highest BCUT2D eigenvalue weighted by molar-refractivity contribution is 5.69. The molecule has 3 heterocycles. The maximum Gasteiger partial charge on any atom is 0.178 e.